The summed E-state index contributed by atoms with van der Waals surface area (Å²) in [5.74, 6) is 1.04. The second kappa shape index (κ2) is 7.37. The number of methoxy groups -OCH3 is 1. The molecule has 0 unspecified atom stereocenters. The maximum Gasteiger partial charge on any atom is 0.267 e. The van der Waals surface area contributed by atoms with Gasteiger partial charge in [-0.25, -0.2) is 4.98 Å². The number of nitrogens with one attached hydrogen (secondary N) is 1. The highest BCUT2D eigenvalue weighted by Gasteiger charge is 2.18. The van der Waals surface area contributed by atoms with Crippen LogP contribution in [0.3, 0.4) is 0 Å². The zero-order valence-electron chi connectivity index (χ0n) is 14.6. The number of thiophene rings is 1. The van der Waals surface area contributed by atoms with Crippen molar-refractivity contribution in [2.45, 2.75) is 26.7 Å². The summed E-state index contributed by atoms with van der Waals surface area (Å²) >= 11 is 2.96. The molecule has 0 aliphatic rings. The molecule has 1 N–H and O–H groups in total. The van der Waals surface area contributed by atoms with E-state index in [0.29, 0.717) is 11.0 Å². The van der Waals surface area contributed by atoms with Gasteiger partial charge >= 0.3 is 0 Å². The molecule has 130 valence electrons. The fourth-order valence-electron chi connectivity index (χ4n) is 2.58. The number of benzene rings is 1. The predicted molar refractivity (Wildman–Crippen MR) is 105 cm³/mol. The van der Waals surface area contributed by atoms with Crippen LogP contribution in [0.4, 0.5) is 5.13 Å². The van der Waals surface area contributed by atoms with Gasteiger partial charge in [-0.1, -0.05) is 13.8 Å². The van der Waals surface area contributed by atoms with E-state index in [9.17, 15) is 4.79 Å². The molecule has 2 heterocycles. The zero-order valence-corrected chi connectivity index (χ0v) is 16.3. The molecule has 4 nitrogen and oxygen atoms in total. The van der Waals surface area contributed by atoms with Crippen LogP contribution < -0.4 is 10.1 Å². The Morgan fingerprint density at radius 2 is 1.92 bits per heavy atom. The summed E-state index contributed by atoms with van der Waals surface area (Å²) in [4.78, 5) is 19.0. The van der Waals surface area contributed by atoms with Crippen LogP contribution in [0.1, 0.15) is 39.9 Å². The number of carbonyl (C=O) groups excluding carboxylic acids is 1. The van der Waals surface area contributed by atoms with Crippen molar-refractivity contribution in [2.75, 3.05) is 12.4 Å². The molecule has 25 heavy (non-hydrogen) atoms. The van der Waals surface area contributed by atoms with Gasteiger partial charge in [0.25, 0.3) is 5.91 Å². The lowest BCUT2D eigenvalue weighted by atomic mass is 10.0. The number of amides is 1. The van der Waals surface area contributed by atoms with Crippen LogP contribution in [-0.2, 0) is 0 Å². The van der Waals surface area contributed by atoms with Crippen LogP contribution in [0.25, 0.3) is 11.3 Å². The molecular weight excluding hydrogens is 352 g/mol. The van der Waals surface area contributed by atoms with Gasteiger partial charge in [0, 0.05) is 10.4 Å². The van der Waals surface area contributed by atoms with Crippen molar-refractivity contribution >= 4 is 33.7 Å². The molecule has 0 spiro atoms. The number of rotatable bonds is 5. The van der Waals surface area contributed by atoms with Crippen molar-refractivity contribution in [1.82, 2.24) is 4.98 Å². The third-order valence-electron chi connectivity index (χ3n) is 3.90. The summed E-state index contributed by atoms with van der Waals surface area (Å²) in [5, 5.41) is 5.53. The normalized spacial score (nSPS) is 10.9. The molecule has 1 amide bonds. The SMILES string of the molecule is COc1ccc(-c2nc(NC(=O)c3sccc3C(C)C)sc2C)cc1. The van der Waals surface area contributed by atoms with Gasteiger partial charge in [-0.3, -0.25) is 10.1 Å². The van der Waals surface area contributed by atoms with E-state index in [4.69, 9.17) is 4.74 Å². The Bertz CT molecular complexity index is 879. The second-order valence-electron chi connectivity index (χ2n) is 5.97. The van der Waals surface area contributed by atoms with Crippen molar-refractivity contribution < 1.29 is 9.53 Å². The summed E-state index contributed by atoms with van der Waals surface area (Å²) in [5.41, 5.74) is 2.97. The first-order valence-corrected chi connectivity index (χ1v) is 9.69. The van der Waals surface area contributed by atoms with E-state index in [1.165, 1.54) is 22.7 Å². The monoisotopic (exact) mass is 372 g/mol. The molecule has 0 aliphatic heterocycles. The highest BCUT2D eigenvalue weighted by Crippen LogP contribution is 2.32. The smallest absolute Gasteiger partial charge is 0.267 e. The molecule has 0 bridgehead atoms. The number of hydrogen-bond donors (Lipinski definition) is 1. The number of ether oxygens (including phenoxy) is 1. The number of anilines is 1. The molecule has 0 aliphatic carbocycles. The summed E-state index contributed by atoms with van der Waals surface area (Å²) in [6.45, 7) is 6.19. The minimum atomic E-state index is -0.0891. The predicted octanol–water partition coefficient (Wildman–Crippen LogP) is 5.56. The number of carbonyl (C=O) groups is 1. The first-order chi connectivity index (χ1) is 12.0. The maximum atomic E-state index is 12.6. The van der Waals surface area contributed by atoms with Gasteiger partial charge in [0.15, 0.2) is 5.13 Å². The van der Waals surface area contributed by atoms with Crippen LogP contribution in [0.5, 0.6) is 5.75 Å². The van der Waals surface area contributed by atoms with Gasteiger partial charge in [0.05, 0.1) is 17.7 Å². The van der Waals surface area contributed by atoms with Crippen LogP contribution in [0, 0.1) is 6.92 Å². The second-order valence-corrected chi connectivity index (χ2v) is 8.09. The average Bonchev–Trinajstić information content (AvgIpc) is 3.22. The van der Waals surface area contributed by atoms with E-state index in [1.54, 1.807) is 7.11 Å². The molecule has 0 saturated heterocycles. The van der Waals surface area contributed by atoms with Crippen molar-refractivity contribution in [3.8, 4) is 17.0 Å². The lowest BCUT2D eigenvalue weighted by Gasteiger charge is -2.06. The minimum Gasteiger partial charge on any atom is -0.497 e. The van der Waals surface area contributed by atoms with Crippen LogP contribution in [0.15, 0.2) is 35.7 Å². The Balaban J connectivity index is 1.82. The Hall–Kier alpha value is -2.18. The van der Waals surface area contributed by atoms with E-state index < -0.39 is 0 Å². The van der Waals surface area contributed by atoms with Gasteiger partial charge in [-0.15, -0.1) is 22.7 Å². The van der Waals surface area contributed by atoms with E-state index >= 15 is 0 Å². The molecule has 0 radical (unpaired) electrons. The van der Waals surface area contributed by atoms with E-state index in [1.807, 2.05) is 42.6 Å². The number of nitrogens with zero attached hydrogens (tertiary/aromatic N) is 1. The summed E-state index contributed by atoms with van der Waals surface area (Å²) in [6, 6.07) is 9.78. The largest absolute Gasteiger partial charge is 0.497 e. The molecule has 0 atom stereocenters. The zero-order chi connectivity index (χ0) is 18.0. The van der Waals surface area contributed by atoms with Crippen LogP contribution in [-0.4, -0.2) is 18.0 Å². The third kappa shape index (κ3) is 3.75. The van der Waals surface area contributed by atoms with Gasteiger partial charge in [-0.2, -0.15) is 0 Å². The molecular formula is C19H20N2O2S2. The van der Waals surface area contributed by atoms with E-state index in [2.05, 4.69) is 24.1 Å². The Kier molecular flexibility index (Phi) is 5.20. The van der Waals surface area contributed by atoms with E-state index in [-0.39, 0.29) is 5.91 Å². The van der Waals surface area contributed by atoms with Gasteiger partial charge in [0.1, 0.15) is 5.75 Å². The maximum absolute atomic E-state index is 12.6. The van der Waals surface area contributed by atoms with Crippen LogP contribution >= 0.6 is 22.7 Å². The number of hydrogen-bond acceptors (Lipinski definition) is 5. The van der Waals surface area contributed by atoms with Gasteiger partial charge < -0.3 is 4.74 Å². The number of thiazole rings is 1. The molecule has 1 aromatic carbocycles. The lowest BCUT2D eigenvalue weighted by Crippen LogP contribution is -2.12. The fraction of sp³-hybridized carbons (Fsp3) is 0.263. The molecule has 2 aromatic heterocycles. The van der Waals surface area contributed by atoms with E-state index in [0.717, 1.165) is 32.3 Å². The van der Waals surface area contributed by atoms with Crippen molar-refractivity contribution in [3.05, 3.63) is 51.0 Å². The van der Waals surface area contributed by atoms with Gasteiger partial charge in [-0.05, 0) is 54.1 Å². The topological polar surface area (TPSA) is 51.2 Å². The number of aromatic nitrogens is 1. The number of aryl methyl sites for hydroxylation is 1. The first kappa shape index (κ1) is 17.6. The quantitative estimate of drug-likeness (QED) is 0.637. The van der Waals surface area contributed by atoms with Crippen LogP contribution in [0.2, 0.25) is 0 Å². The fourth-order valence-corrected chi connectivity index (χ4v) is 4.36. The van der Waals surface area contributed by atoms with Gasteiger partial charge in [0.2, 0.25) is 0 Å². The summed E-state index contributed by atoms with van der Waals surface area (Å²) in [6.07, 6.45) is 0. The Morgan fingerprint density at radius 3 is 2.56 bits per heavy atom. The van der Waals surface area contributed by atoms with Crippen molar-refractivity contribution in [3.63, 3.8) is 0 Å². The molecule has 6 heteroatoms. The van der Waals surface area contributed by atoms with Crippen molar-refractivity contribution in [2.24, 2.45) is 0 Å². The third-order valence-corrected chi connectivity index (χ3v) is 5.72. The highest BCUT2D eigenvalue weighted by atomic mass is 32.1. The molecule has 0 fully saturated rings. The molecule has 3 rings (SSSR count). The highest BCUT2D eigenvalue weighted by molar-refractivity contribution is 7.16. The summed E-state index contributed by atoms with van der Waals surface area (Å²) in [7, 11) is 1.65. The minimum absolute atomic E-state index is 0.0891. The first-order valence-electron chi connectivity index (χ1n) is 8.00. The Morgan fingerprint density at radius 1 is 1.20 bits per heavy atom. The molecule has 3 aromatic rings. The molecule has 0 saturated carbocycles. The summed E-state index contributed by atoms with van der Waals surface area (Å²) < 4.78 is 5.19. The standard InChI is InChI=1S/C19H20N2O2S2/c1-11(2)15-9-10-24-17(15)18(22)21-19-20-16(12(3)25-19)13-5-7-14(23-4)8-6-13/h5-11H,1-4H3,(H,20,21,22). The Labute approximate surface area is 155 Å². The lowest BCUT2D eigenvalue weighted by molar-refractivity contribution is 0.102. The average molecular weight is 373 g/mol. The van der Waals surface area contributed by atoms with Crippen molar-refractivity contribution in [1.29, 1.82) is 0 Å².